The molecule has 0 bridgehead atoms. The zero-order valence-corrected chi connectivity index (χ0v) is 15.0. The Labute approximate surface area is 148 Å². The number of hydrogen-bond acceptors (Lipinski definition) is 7. The number of thiazole rings is 1. The Bertz CT molecular complexity index is 731. The van der Waals surface area contributed by atoms with Crippen LogP contribution in [0.25, 0.3) is 0 Å². The van der Waals surface area contributed by atoms with Gasteiger partial charge in [0.05, 0.1) is 28.2 Å². The number of thioether (sulfide) groups is 1. The maximum atomic E-state index is 12.3. The second-order valence-electron chi connectivity index (χ2n) is 6.22. The topological polar surface area (TPSA) is 68.2 Å². The monoisotopic (exact) mass is 362 g/mol. The van der Waals surface area contributed by atoms with Gasteiger partial charge in [-0.1, -0.05) is 0 Å². The van der Waals surface area contributed by atoms with Crippen LogP contribution in [0.4, 0.5) is 0 Å². The van der Waals surface area contributed by atoms with Gasteiger partial charge in [-0.3, -0.25) is 4.79 Å². The van der Waals surface area contributed by atoms with Crippen LogP contribution in [-0.4, -0.2) is 55.5 Å². The van der Waals surface area contributed by atoms with E-state index in [1.165, 1.54) is 0 Å². The molecule has 126 valence electrons. The smallest absolute Gasteiger partial charge is 0.291 e. The average molecular weight is 362 g/mol. The van der Waals surface area contributed by atoms with Crippen molar-refractivity contribution in [3.63, 3.8) is 0 Å². The van der Waals surface area contributed by atoms with Crippen molar-refractivity contribution in [2.24, 2.45) is 0 Å². The zero-order valence-electron chi connectivity index (χ0n) is 13.3. The van der Waals surface area contributed by atoms with Crippen LogP contribution in [0.2, 0.25) is 0 Å². The van der Waals surface area contributed by atoms with E-state index in [1.807, 2.05) is 23.6 Å². The number of rotatable bonds is 4. The van der Waals surface area contributed by atoms with Gasteiger partial charge < -0.3 is 9.64 Å². The minimum Gasteiger partial charge on any atom is -0.371 e. The molecule has 1 spiro atoms. The largest absolute Gasteiger partial charge is 0.371 e. The second kappa shape index (κ2) is 6.42. The summed E-state index contributed by atoms with van der Waals surface area (Å²) in [6, 6.07) is 1.72. The molecule has 1 unspecified atom stereocenters. The Balaban J connectivity index is 1.28. The van der Waals surface area contributed by atoms with Crippen LogP contribution in [0.3, 0.4) is 0 Å². The normalized spacial score (nSPS) is 21.9. The third-order valence-corrected chi connectivity index (χ3v) is 6.71. The van der Waals surface area contributed by atoms with Crippen molar-refractivity contribution in [1.29, 1.82) is 0 Å². The number of amides is 1. The molecule has 24 heavy (non-hydrogen) atoms. The van der Waals surface area contributed by atoms with E-state index in [9.17, 15) is 4.79 Å². The Morgan fingerprint density at radius 2 is 2.21 bits per heavy atom. The minimum atomic E-state index is -0.0795. The highest BCUT2D eigenvalue weighted by atomic mass is 32.2. The van der Waals surface area contributed by atoms with Gasteiger partial charge in [-0.15, -0.1) is 23.1 Å². The van der Waals surface area contributed by atoms with Crippen molar-refractivity contribution in [3.05, 3.63) is 40.4 Å². The number of carbonyl (C=O) groups excluding carboxylic acids is 1. The van der Waals surface area contributed by atoms with E-state index < -0.39 is 0 Å². The molecule has 4 heterocycles. The Hall–Kier alpha value is -1.51. The van der Waals surface area contributed by atoms with Crippen LogP contribution in [0.5, 0.6) is 0 Å². The summed E-state index contributed by atoms with van der Waals surface area (Å²) >= 11 is 3.57. The van der Waals surface area contributed by atoms with Crippen molar-refractivity contribution in [2.45, 2.75) is 30.8 Å². The standard InChI is InChI=1S/C16H18N4O2S2/c1-11-19-12(7-23-11)6-22-13-5-16(24-8-13)9-20(10-16)15(21)14-17-3-2-4-18-14/h2-4,7,13H,5-6,8-10H2,1H3. The summed E-state index contributed by atoms with van der Waals surface area (Å²) in [7, 11) is 0. The van der Waals surface area contributed by atoms with Crippen LogP contribution in [0.1, 0.15) is 27.7 Å². The van der Waals surface area contributed by atoms with E-state index in [0.29, 0.717) is 6.61 Å². The first-order valence-electron chi connectivity index (χ1n) is 7.86. The first kappa shape index (κ1) is 16.0. The highest BCUT2D eigenvalue weighted by Gasteiger charge is 2.51. The number of nitrogens with zero attached hydrogens (tertiary/aromatic N) is 4. The Kier molecular flexibility index (Phi) is 4.28. The molecule has 0 aliphatic carbocycles. The highest BCUT2D eigenvalue weighted by Crippen LogP contribution is 2.46. The molecule has 2 aliphatic rings. The lowest BCUT2D eigenvalue weighted by molar-refractivity contribution is 0.0242. The van der Waals surface area contributed by atoms with Crippen LogP contribution < -0.4 is 0 Å². The number of carbonyl (C=O) groups is 1. The summed E-state index contributed by atoms with van der Waals surface area (Å²) in [5.74, 6) is 1.18. The van der Waals surface area contributed by atoms with Gasteiger partial charge in [-0.2, -0.15) is 0 Å². The molecular formula is C16H18N4O2S2. The quantitative estimate of drug-likeness (QED) is 0.830. The summed E-state index contributed by atoms with van der Waals surface area (Å²) < 4.78 is 6.15. The van der Waals surface area contributed by atoms with Gasteiger partial charge >= 0.3 is 0 Å². The van der Waals surface area contributed by atoms with Crippen molar-refractivity contribution >= 4 is 29.0 Å². The summed E-state index contributed by atoms with van der Waals surface area (Å²) in [5.41, 5.74) is 1.01. The molecule has 8 heteroatoms. The molecule has 0 aromatic carbocycles. The minimum absolute atomic E-state index is 0.0795. The second-order valence-corrected chi connectivity index (χ2v) is 8.77. The molecular weight excluding hydrogens is 344 g/mol. The van der Waals surface area contributed by atoms with Crippen LogP contribution in [0, 0.1) is 6.92 Å². The van der Waals surface area contributed by atoms with Gasteiger partial charge in [0.2, 0.25) is 5.82 Å². The molecule has 1 atom stereocenters. The fraction of sp³-hybridized carbons (Fsp3) is 0.500. The molecule has 2 fully saturated rings. The third kappa shape index (κ3) is 3.18. The van der Waals surface area contributed by atoms with E-state index in [2.05, 4.69) is 20.3 Å². The van der Waals surface area contributed by atoms with Gasteiger partial charge in [0.1, 0.15) is 0 Å². The Morgan fingerprint density at radius 1 is 1.42 bits per heavy atom. The van der Waals surface area contributed by atoms with Crippen LogP contribution in [-0.2, 0) is 11.3 Å². The lowest BCUT2D eigenvalue weighted by atomic mass is 9.93. The van der Waals surface area contributed by atoms with Gasteiger partial charge in [0.15, 0.2) is 0 Å². The summed E-state index contributed by atoms with van der Waals surface area (Å²) in [4.78, 5) is 26.6. The lowest BCUT2D eigenvalue weighted by Crippen LogP contribution is -2.61. The molecule has 2 saturated heterocycles. The van der Waals surface area contributed by atoms with E-state index in [1.54, 1.807) is 29.8 Å². The molecule has 4 rings (SSSR count). The van der Waals surface area contributed by atoms with Crippen molar-refractivity contribution < 1.29 is 9.53 Å². The molecule has 6 nitrogen and oxygen atoms in total. The van der Waals surface area contributed by atoms with Gasteiger partial charge in [-0.25, -0.2) is 15.0 Å². The first-order valence-corrected chi connectivity index (χ1v) is 9.73. The summed E-state index contributed by atoms with van der Waals surface area (Å²) in [6.07, 6.45) is 4.43. The molecule has 2 aliphatic heterocycles. The predicted octanol–water partition coefficient (Wildman–Crippen LogP) is 2.16. The number of ether oxygens (including phenoxy) is 1. The average Bonchev–Trinajstić information content (AvgIpc) is 3.18. The number of aryl methyl sites for hydroxylation is 1. The van der Waals surface area contributed by atoms with Crippen LogP contribution in [0.15, 0.2) is 23.8 Å². The van der Waals surface area contributed by atoms with Crippen molar-refractivity contribution in [2.75, 3.05) is 18.8 Å². The van der Waals surface area contributed by atoms with Gasteiger partial charge in [0.25, 0.3) is 5.91 Å². The third-order valence-electron chi connectivity index (χ3n) is 4.31. The lowest BCUT2D eigenvalue weighted by Gasteiger charge is -2.47. The molecule has 0 N–H and O–H groups in total. The fourth-order valence-corrected chi connectivity index (χ4v) is 5.30. The molecule has 0 radical (unpaired) electrons. The van der Waals surface area contributed by atoms with E-state index >= 15 is 0 Å². The number of likely N-dealkylation sites (tertiary alicyclic amines) is 1. The van der Waals surface area contributed by atoms with E-state index in [4.69, 9.17) is 4.74 Å². The maximum Gasteiger partial charge on any atom is 0.291 e. The highest BCUT2D eigenvalue weighted by molar-refractivity contribution is 8.01. The van der Waals surface area contributed by atoms with Crippen LogP contribution >= 0.6 is 23.1 Å². The van der Waals surface area contributed by atoms with E-state index in [0.717, 1.165) is 36.0 Å². The van der Waals surface area contributed by atoms with Crippen molar-refractivity contribution in [3.8, 4) is 0 Å². The Morgan fingerprint density at radius 3 is 2.92 bits per heavy atom. The van der Waals surface area contributed by atoms with Gasteiger partial charge in [-0.05, 0) is 19.4 Å². The first-order chi connectivity index (χ1) is 11.6. The van der Waals surface area contributed by atoms with E-state index in [-0.39, 0.29) is 22.6 Å². The summed E-state index contributed by atoms with van der Waals surface area (Å²) in [5, 5.41) is 3.12. The molecule has 2 aromatic heterocycles. The molecule has 2 aromatic rings. The SMILES string of the molecule is Cc1nc(COC2CSC3(C2)CN(C(=O)c2ncccn2)C3)cs1. The molecule has 1 amide bonds. The van der Waals surface area contributed by atoms with Gasteiger partial charge in [0, 0.05) is 36.6 Å². The fourth-order valence-electron chi connectivity index (χ4n) is 3.15. The maximum absolute atomic E-state index is 12.3. The predicted molar refractivity (Wildman–Crippen MR) is 93.2 cm³/mol. The molecule has 0 saturated carbocycles. The summed E-state index contributed by atoms with van der Waals surface area (Å²) in [6.45, 7) is 4.09. The number of aromatic nitrogens is 3. The van der Waals surface area contributed by atoms with Crippen molar-refractivity contribution in [1.82, 2.24) is 19.9 Å². The number of hydrogen-bond donors (Lipinski definition) is 0. The zero-order chi connectivity index (χ0) is 16.6.